The Morgan fingerprint density at radius 2 is 1.81 bits per heavy atom. The monoisotopic (exact) mass is 489 g/mol. The summed E-state index contributed by atoms with van der Waals surface area (Å²) in [6.07, 6.45) is 9.78. The van der Waals surface area contributed by atoms with Gasteiger partial charge in [-0.3, -0.25) is 4.98 Å². The van der Waals surface area contributed by atoms with Crippen molar-refractivity contribution < 1.29 is 19.3 Å². The van der Waals surface area contributed by atoms with E-state index >= 15 is 0 Å². The summed E-state index contributed by atoms with van der Waals surface area (Å²) in [4.78, 5) is 17.5. The van der Waals surface area contributed by atoms with Gasteiger partial charge in [0.1, 0.15) is 11.9 Å². The molecule has 3 heterocycles. The predicted octanol–water partition coefficient (Wildman–Crippen LogP) is 4.71. The van der Waals surface area contributed by atoms with Crippen LogP contribution in [0.2, 0.25) is 0 Å². The molecule has 0 bridgehead atoms. The summed E-state index contributed by atoms with van der Waals surface area (Å²) >= 11 is 0. The molecule has 36 heavy (non-hydrogen) atoms. The molecule has 1 aliphatic carbocycles. The molecule has 9 heteroatoms. The van der Waals surface area contributed by atoms with Crippen LogP contribution in [0, 0.1) is 0 Å². The normalized spacial score (nSPS) is 14.4. The van der Waals surface area contributed by atoms with Crippen LogP contribution < -0.4 is 9.47 Å². The van der Waals surface area contributed by atoms with Crippen molar-refractivity contribution >= 4 is 0 Å². The van der Waals surface area contributed by atoms with Crippen LogP contribution >= 0.6 is 0 Å². The van der Waals surface area contributed by atoms with Crippen LogP contribution in [0.25, 0.3) is 11.5 Å². The van der Waals surface area contributed by atoms with Crippen LogP contribution in [0.15, 0.2) is 49.1 Å². The zero-order chi connectivity index (χ0) is 25.1. The van der Waals surface area contributed by atoms with Gasteiger partial charge >= 0.3 is 0 Å². The van der Waals surface area contributed by atoms with Crippen molar-refractivity contribution in [3.05, 3.63) is 66.0 Å². The van der Waals surface area contributed by atoms with Crippen LogP contribution in [0.1, 0.15) is 56.5 Å². The molecule has 5 rings (SSSR count). The molecule has 2 aromatic rings. The van der Waals surface area contributed by atoms with Gasteiger partial charge in [-0.2, -0.15) is 0 Å². The van der Waals surface area contributed by atoms with E-state index in [4.69, 9.17) is 19.2 Å². The number of imidazole rings is 1. The Bertz CT molecular complexity index is 1280. The lowest BCUT2D eigenvalue weighted by molar-refractivity contribution is -0.0393. The highest BCUT2D eigenvalue weighted by Gasteiger charge is 2.31. The Morgan fingerprint density at radius 3 is 2.56 bits per heavy atom. The van der Waals surface area contributed by atoms with Gasteiger partial charge in [0.25, 0.3) is 0 Å². The van der Waals surface area contributed by atoms with E-state index in [1.807, 2.05) is 48.7 Å². The van der Waals surface area contributed by atoms with Gasteiger partial charge in [0.05, 0.1) is 26.4 Å². The number of rotatable bonds is 9. The number of benzene rings is 1. The second-order valence-electron chi connectivity index (χ2n) is 9.58. The SMILES string of the molecule is COc1ccc(Cn2cnc(O)c3nc(C(C)(C)OCc4ccncc4)nc2-3)cc1OC1CCCC1. The number of methoxy groups -OCH3 is 1. The first kappa shape index (κ1) is 24.0. The minimum atomic E-state index is -0.783. The molecule has 0 saturated heterocycles. The van der Waals surface area contributed by atoms with E-state index < -0.39 is 5.60 Å². The van der Waals surface area contributed by atoms with Crippen molar-refractivity contribution in [2.45, 2.75) is 64.4 Å². The van der Waals surface area contributed by atoms with Crippen molar-refractivity contribution in [1.29, 1.82) is 0 Å². The predicted molar refractivity (Wildman–Crippen MR) is 133 cm³/mol. The van der Waals surface area contributed by atoms with E-state index in [1.54, 1.807) is 25.8 Å². The zero-order valence-corrected chi connectivity index (χ0v) is 20.8. The van der Waals surface area contributed by atoms with E-state index in [1.165, 1.54) is 12.8 Å². The van der Waals surface area contributed by atoms with E-state index in [9.17, 15) is 5.11 Å². The van der Waals surface area contributed by atoms with Crippen LogP contribution in [-0.2, 0) is 23.5 Å². The van der Waals surface area contributed by atoms with Gasteiger partial charge in [-0.15, -0.1) is 0 Å². The molecular weight excluding hydrogens is 458 g/mol. The number of aromatic hydroxyl groups is 1. The number of hydrogen-bond donors (Lipinski definition) is 1. The molecule has 2 aliphatic heterocycles. The maximum atomic E-state index is 10.4. The second-order valence-corrected chi connectivity index (χ2v) is 9.58. The molecule has 0 unspecified atom stereocenters. The van der Waals surface area contributed by atoms with Crippen LogP contribution in [0.4, 0.5) is 0 Å². The molecule has 1 saturated carbocycles. The molecule has 1 fully saturated rings. The highest BCUT2D eigenvalue weighted by atomic mass is 16.5. The van der Waals surface area contributed by atoms with Gasteiger partial charge < -0.3 is 23.9 Å². The van der Waals surface area contributed by atoms with Gasteiger partial charge in [0.2, 0.25) is 5.88 Å². The molecule has 0 radical (unpaired) electrons. The second kappa shape index (κ2) is 10.1. The summed E-state index contributed by atoms with van der Waals surface area (Å²) in [5.74, 6) is 2.30. The molecule has 9 nitrogen and oxygen atoms in total. The summed E-state index contributed by atoms with van der Waals surface area (Å²) in [6, 6.07) is 9.72. The smallest absolute Gasteiger partial charge is 0.242 e. The number of aromatic nitrogens is 5. The quantitative estimate of drug-likeness (QED) is 0.360. The lowest BCUT2D eigenvalue weighted by atomic mass is 10.1. The summed E-state index contributed by atoms with van der Waals surface area (Å²) in [7, 11) is 1.65. The molecule has 0 atom stereocenters. The van der Waals surface area contributed by atoms with Crippen LogP contribution in [-0.4, -0.2) is 42.8 Å². The molecule has 3 aliphatic rings. The number of ether oxygens (including phenoxy) is 3. The average Bonchev–Trinajstić information content (AvgIpc) is 3.57. The van der Waals surface area contributed by atoms with Gasteiger partial charge in [-0.25, -0.2) is 15.0 Å². The molecule has 1 N–H and O–H groups in total. The number of pyridine rings is 1. The molecule has 0 spiro atoms. The summed E-state index contributed by atoms with van der Waals surface area (Å²) in [5, 5.41) is 10.4. The van der Waals surface area contributed by atoms with Crippen molar-refractivity contribution in [2.24, 2.45) is 0 Å². The Labute approximate surface area is 210 Å². The fraction of sp³-hybridized carbons (Fsp3) is 0.407. The first-order chi connectivity index (χ1) is 17.4. The van der Waals surface area contributed by atoms with Gasteiger partial charge in [-0.1, -0.05) is 6.07 Å². The molecule has 0 amide bonds. The molecule has 188 valence electrons. The first-order valence-electron chi connectivity index (χ1n) is 12.2. The number of fused-ring (bicyclic) bond motifs is 1. The summed E-state index contributed by atoms with van der Waals surface area (Å²) in [6.45, 7) is 4.69. The highest BCUT2D eigenvalue weighted by Crippen LogP contribution is 2.35. The Balaban J connectivity index is 1.40. The third-order valence-electron chi connectivity index (χ3n) is 6.51. The highest BCUT2D eigenvalue weighted by molar-refractivity contribution is 5.58. The summed E-state index contributed by atoms with van der Waals surface area (Å²) in [5.41, 5.74) is 1.56. The minimum absolute atomic E-state index is 0.162. The maximum Gasteiger partial charge on any atom is 0.242 e. The fourth-order valence-corrected chi connectivity index (χ4v) is 4.41. The Morgan fingerprint density at radius 1 is 1.03 bits per heavy atom. The third kappa shape index (κ3) is 5.11. The molecular formula is C27H31N5O4. The van der Waals surface area contributed by atoms with Gasteiger partial charge in [0.15, 0.2) is 28.8 Å². The topological polar surface area (TPSA) is 104 Å². The third-order valence-corrected chi connectivity index (χ3v) is 6.51. The lowest BCUT2D eigenvalue weighted by Crippen LogP contribution is -2.23. The van der Waals surface area contributed by atoms with Crippen molar-refractivity contribution in [2.75, 3.05) is 7.11 Å². The van der Waals surface area contributed by atoms with Crippen molar-refractivity contribution in [3.63, 3.8) is 0 Å². The van der Waals surface area contributed by atoms with Crippen molar-refractivity contribution in [1.82, 2.24) is 24.5 Å². The van der Waals surface area contributed by atoms with E-state index in [0.717, 1.165) is 29.7 Å². The number of hydrogen-bond acceptors (Lipinski definition) is 8. The number of nitrogens with zero attached hydrogens (tertiary/aromatic N) is 5. The lowest BCUT2D eigenvalue weighted by Gasteiger charge is -2.22. The van der Waals surface area contributed by atoms with Gasteiger partial charge in [-0.05, 0) is 74.9 Å². The van der Waals surface area contributed by atoms with Crippen LogP contribution in [0.5, 0.6) is 17.4 Å². The van der Waals surface area contributed by atoms with E-state index in [0.29, 0.717) is 36.2 Å². The average molecular weight is 490 g/mol. The Kier molecular flexibility index (Phi) is 6.73. The molecule has 1 aromatic carbocycles. The van der Waals surface area contributed by atoms with Gasteiger partial charge in [0, 0.05) is 12.4 Å². The van der Waals surface area contributed by atoms with E-state index in [2.05, 4.69) is 15.0 Å². The van der Waals surface area contributed by atoms with E-state index in [-0.39, 0.29) is 12.0 Å². The molecule has 1 aromatic heterocycles. The fourth-order valence-electron chi connectivity index (χ4n) is 4.41. The largest absolute Gasteiger partial charge is 0.493 e. The van der Waals surface area contributed by atoms with Crippen LogP contribution in [0.3, 0.4) is 0 Å². The standard InChI is InChI=1S/C27H31N5O4/c1-27(2,35-16-18-10-12-28-13-11-18)26-30-23-24(31-26)32(17-29-25(23)33)15-19-8-9-21(34-3)22(14-19)36-20-6-4-5-7-20/h8-14,17,20,33H,4-7,15-16H2,1-3H3. The Hall–Kier alpha value is -3.72. The van der Waals surface area contributed by atoms with Crippen molar-refractivity contribution in [3.8, 4) is 28.9 Å². The summed E-state index contributed by atoms with van der Waals surface area (Å²) < 4.78 is 19.8. The first-order valence-corrected chi connectivity index (χ1v) is 12.2. The zero-order valence-electron chi connectivity index (χ0n) is 20.8. The minimum Gasteiger partial charge on any atom is -0.493 e. The maximum absolute atomic E-state index is 10.4.